The van der Waals surface area contributed by atoms with Crippen molar-refractivity contribution >= 4 is 0 Å². The van der Waals surface area contributed by atoms with E-state index in [-0.39, 0.29) is 0 Å². The number of nitrogens with one attached hydrogen (secondary N) is 1. The van der Waals surface area contributed by atoms with Crippen molar-refractivity contribution in [2.75, 3.05) is 7.11 Å². The molecule has 1 aromatic carbocycles. The Bertz CT molecular complexity index is 619. The molecule has 2 atom stereocenters. The summed E-state index contributed by atoms with van der Waals surface area (Å²) in [5.41, 5.74) is 3.30. The van der Waals surface area contributed by atoms with Crippen LogP contribution in [-0.4, -0.2) is 28.1 Å². The Labute approximate surface area is 117 Å². The fraction of sp³-hybridized carbons (Fsp3) is 0.467. The van der Waals surface area contributed by atoms with Gasteiger partial charge in [-0.3, -0.25) is 0 Å². The van der Waals surface area contributed by atoms with Crippen molar-refractivity contribution in [1.29, 1.82) is 0 Å². The van der Waals surface area contributed by atoms with E-state index in [2.05, 4.69) is 20.3 Å². The van der Waals surface area contributed by atoms with Crippen LogP contribution in [0.1, 0.15) is 31.0 Å². The lowest BCUT2D eigenvalue weighted by Crippen LogP contribution is -2.40. The second kappa shape index (κ2) is 4.59. The van der Waals surface area contributed by atoms with Gasteiger partial charge in [-0.25, -0.2) is 4.68 Å². The van der Waals surface area contributed by atoms with Crippen molar-refractivity contribution < 1.29 is 4.74 Å². The van der Waals surface area contributed by atoms with Crippen LogP contribution < -0.4 is 10.1 Å². The fourth-order valence-corrected chi connectivity index (χ4v) is 3.42. The van der Waals surface area contributed by atoms with Crippen molar-refractivity contribution in [3.05, 3.63) is 30.0 Å². The number of rotatable bonds is 2. The van der Waals surface area contributed by atoms with E-state index in [4.69, 9.17) is 4.74 Å². The molecular weight excluding hydrogens is 252 g/mol. The molecule has 0 amide bonds. The maximum atomic E-state index is 5.20. The molecule has 5 heteroatoms. The normalized spacial score (nSPS) is 24.2. The molecule has 2 aliphatic rings. The van der Waals surface area contributed by atoms with Crippen LogP contribution in [0.25, 0.3) is 11.3 Å². The Hall–Kier alpha value is -1.88. The molecule has 20 heavy (non-hydrogen) atoms. The molecule has 4 rings (SSSR count). The van der Waals surface area contributed by atoms with Gasteiger partial charge in [0, 0.05) is 18.2 Å². The zero-order chi connectivity index (χ0) is 13.5. The predicted octanol–water partition coefficient (Wildman–Crippen LogP) is 2.15. The van der Waals surface area contributed by atoms with Gasteiger partial charge in [0.15, 0.2) is 0 Å². The molecule has 1 fully saturated rings. The quantitative estimate of drug-likeness (QED) is 0.908. The first-order valence-electron chi connectivity index (χ1n) is 7.18. The minimum absolute atomic E-state index is 0.484. The van der Waals surface area contributed by atoms with Gasteiger partial charge in [-0.2, -0.15) is 0 Å². The van der Waals surface area contributed by atoms with Crippen molar-refractivity contribution in [1.82, 2.24) is 20.3 Å². The van der Waals surface area contributed by atoms with Crippen LogP contribution in [0.5, 0.6) is 5.75 Å². The number of ether oxygens (including phenoxy) is 1. The zero-order valence-corrected chi connectivity index (χ0v) is 11.5. The highest BCUT2D eigenvalue weighted by molar-refractivity contribution is 5.62. The molecule has 1 N–H and O–H groups in total. The van der Waals surface area contributed by atoms with Gasteiger partial charge < -0.3 is 10.1 Å². The first-order chi connectivity index (χ1) is 9.86. The Kier molecular flexibility index (Phi) is 2.73. The molecule has 1 aromatic heterocycles. The SMILES string of the molecule is COc1ccc(-c2nnn3c2CN[C@H]2CCC[C@@H]23)cc1. The maximum absolute atomic E-state index is 5.20. The van der Waals surface area contributed by atoms with Crippen molar-refractivity contribution in [3.63, 3.8) is 0 Å². The topological polar surface area (TPSA) is 52.0 Å². The minimum Gasteiger partial charge on any atom is -0.497 e. The number of hydrogen-bond donors (Lipinski definition) is 1. The molecule has 104 valence electrons. The Morgan fingerprint density at radius 2 is 2.10 bits per heavy atom. The summed E-state index contributed by atoms with van der Waals surface area (Å²) in [5.74, 6) is 0.865. The van der Waals surface area contributed by atoms with Gasteiger partial charge in [0.2, 0.25) is 0 Å². The summed E-state index contributed by atoms with van der Waals surface area (Å²) in [7, 11) is 1.68. The summed E-state index contributed by atoms with van der Waals surface area (Å²) >= 11 is 0. The van der Waals surface area contributed by atoms with Gasteiger partial charge in [-0.05, 0) is 43.5 Å². The summed E-state index contributed by atoms with van der Waals surface area (Å²) in [4.78, 5) is 0. The lowest BCUT2D eigenvalue weighted by molar-refractivity contribution is 0.309. The molecule has 2 heterocycles. The van der Waals surface area contributed by atoms with Gasteiger partial charge >= 0.3 is 0 Å². The average Bonchev–Trinajstić information content (AvgIpc) is 3.13. The van der Waals surface area contributed by atoms with Crippen LogP contribution in [-0.2, 0) is 6.54 Å². The van der Waals surface area contributed by atoms with E-state index in [1.165, 1.54) is 25.0 Å². The third-order valence-electron chi connectivity index (χ3n) is 4.48. The summed E-state index contributed by atoms with van der Waals surface area (Å²) in [6, 6.07) is 9.09. The van der Waals surface area contributed by atoms with E-state index >= 15 is 0 Å². The van der Waals surface area contributed by atoms with Crippen LogP contribution in [0.4, 0.5) is 0 Å². The van der Waals surface area contributed by atoms with Crippen LogP contribution in [0.15, 0.2) is 24.3 Å². The molecule has 1 aliphatic heterocycles. The summed E-state index contributed by atoms with van der Waals surface area (Å²) in [6.45, 7) is 0.857. The number of hydrogen-bond acceptors (Lipinski definition) is 4. The smallest absolute Gasteiger partial charge is 0.118 e. The van der Waals surface area contributed by atoms with Gasteiger partial charge in [0.05, 0.1) is 18.8 Å². The lowest BCUT2D eigenvalue weighted by Gasteiger charge is -2.28. The molecular formula is C15H18N4O. The first kappa shape index (κ1) is 11.9. The number of aromatic nitrogens is 3. The van der Waals surface area contributed by atoms with E-state index in [0.717, 1.165) is 23.6 Å². The van der Waals surface area contributed by atoms with Gasteiger partial charge in [-0.15, -0.1) is 5.10 Å². The van der Waals surface area contributed by atoms with E-state index in [1.54, 1.807) is 7.11 Å². The number of methoxy groups -OCH3 is 1. The molecule has 1 saturated carbocycles. The highest BCUT2D eigenvalue weighted by Gasteiger charge is 2.35. The van der Waals surface area contributed by atoms with Crippen LogP contribution >= 0.6 is 0 Å². The molecule has 0 saturated heterocycles. The molecule has 0 bridgehead atoms. The summed E-state index contributed by atoms with van der Waals surface area (Å²) < 4.78 is 7.35. The van der Waals surface area contributed by atoms with E-state index in [0.29, 0.717) is 12.1 Å². The van der Waals surface area contributed by atoms with Gasteiger partial charge in [-0.1, -0.05) is 5.21 Å². The predicted molar refractivity (Wildman–Crippen MR) is 75.5 cm³/mol. The second-order valence-electron chi connectivity index (χ2n) is 5.54. The Morgan fingerprint density at radius 3 is 2.90 bits per heavy atom. The van der Waals surface area contributed by atoms with E-state index in [1.807, 2.05) is 24.3 Å². The van der Waals surface area contributed by atoms with Crippen molar-refractivity contribution in [2.24, 2.45) is 0 Å². The molecule has 1 aliphatic carbocycles. The van der Waals surface area contributed by atoms with Crippen LogP contribution in [0.2, 0.25) is 0 Å². The summed E-state index contributed by atoms with van der Waals surface area (Å²) in [5, 5.41) is 12.5. The van der Waals surface area contributed by atoms with E-state index in [9.17, 15) is 0 Å². The average molecular weight is 270 g/mol. The van der Waals surface area contributed by atoms with Crippen LogP contribution in [0.3, 0.4) is 0 Å². The first-order valence-corrected chi connectivity index (χ1v) is 7.18. The highest BCUT2D eigenvalue weighted by atomic mass is 16.5. The molecule has 0 radical (unpaired) electrons. The summed E-state index contributed by atoms with van der Waals surface area (Å²) in [6.07, 6.45) is 3.73. The third kappa shape index (κ3) is 1.73. The lowest BCUT2D eigenvalue weighted by atomic mass is 10.1. The van der Waals surface area contributed by atoms with E-state index < -0.39 is 0 Å². The van der Waals surface area contributed by atoms with Gasteiger partial charge in [0.1, 0.15) is 11.4 Å². The van der Waals surface area contributed by atoms with Crippen molar-refractivity contribution in [3.8, 4) is 17.0 Å². The molecule has 2 aromatic rings. The molecule has 0 spiro atoms. The highest BCUT2D eigenvalue weighted by Crippen LogP contribution is 2.36. The Balaban J connectivity index is 1.73. The largest absolute Gasteiger partial charge is 0.497 e. The molecule has 0 unspecified atom stereocenters. The zero-order valence-electron chi connectivity index (χ0n) is 11.5. The fourth-order valence-electron chi connectivity index (χ4n) is 3.42. The second-order valence-corrected chi connectivity index (χ2v) is 5.54. The standard InChI is InChI=1S/C15H18N4O/c1-20-11-7-5-10(6-8-11)15-14-9-16-12-3-2-4-13(12)19(14)18-17-15/h5-8,12-13,16H,2-4,9H2,1H3/t12-,13-/m0/s1. The van der Waals surface area contributed by atoms with Crippen molar-refractivity contribution in [2.45, 2.75) is 37.9 Å². The van der Waals surface area contributed by atoms with Gasteiger partial charge in [0.25, 0.3) is 0 Å². The number of benzene rings is 1. The molecule has 5 nitrogen and oxygen atoms in total. The number of fused-ring (bicyclic) bond motifs is 3. The maximum Gasteiger partial charge on any atom is 0.118 e. The minimum atomic E-state index is 0.484. The Morgan fingerprint density at radius 1 is 1.25 bits per heavy atom. The number of nitrogens with zero attached hydrogens (tertiary/aromatic N) is 3. The monoisotopic (exact) mass is 270 g/mol. The third-order valence-corrected chi connectivity index (χ3v) is 4.48. The van der Waals surface area contributed by atoms with Crippen LogP contribution in [0, 0.1) is 0 Å².